The van der Waals surface area contributed by atoms with Crippen molar-refractivity contribution in [1.29, 1.82) is 0 Å². The molecule has 4 rings (SSSR count). The molecule has 0 aliphatic carbocycles. The molecule has 0 spiro atoms. The van der Waals surface area contributed by atoms with Crippen LogP contribution in [0, 0.1) is 0 Å². The first-order valence-electron chi connectivity index (χ1n) is 8.83. The van der Waals surface area contributed by atoms with Crippen LogP contribution in [0.3, 0.4) is 0 Å². The van der Waals surface area contributed by atoms with Crippen LogP contribution in [-0.2, 0) is 6.54 Å². The highest BCUT2D eigenvalue weighted by Crippen LogP contribution is 2.30. The molecule has 7 heteroatoms. The minimum absolute atomic E-state index is 0.150. The molecule has 0 unspecified atom stereocenters. The fourth-order valence-electron chi connectivity index (χ4n) is 2.97. The maximum absolute atomic E-state index is 12.2. The Bertz CT molecular complexity index is 1020. The van der Waals surface area contributed by atoms with E-state index in [4.69, 9.17) is 0 Å². The Hall–Kier alpha value is -3.87. The van der Waals surface area contributed by atoms with Crippen LogP contribution in [0.5, 0.6) is 0 Å². The predicted molar refractivity (Wildman–Crippen MR) is 109 cm³/mol. The molecule has 7 nitrogen and oxygen atoms in total. The zero-order valence-electron chi connectivity index (χ0n) is 15.3. The number of hydrogen-bond donors (Lipinski definition) is 3. The summed E-state index contributed by atoms with van der Waals surface area (Å²) in [5, 5.41) is 9.00. The normalized spacial score (nSPS) is 12.8. The van der Waals surface area contributed by atoms with Gasteiger partial charge in [-0.1, -0.05) is 18.2 Å². The highest BCUT2D eigenvalue weighted by atomic mass is 16.2. The highest BCUT2D eigenvalue weighted by molar-refractivity contribution is 6.04. The van der Waals surface area contributed by atoms with E-state index in [1.165, 1.54) is 0 Å². The van der Waals surface area contributed by atoms with Crippen molar-refractivity contribution in [3.05, 3.63) is 78.0 Å². The van der Waals surface area contributed by atoms with Crippen LogP contribution >= 0.6 is 0 Å². The number of amides is 3. The van der Waals surface area contributed by atoms with Crippen LogP contribution in [0.15, 0.2) is 66.9 Å². The van der Waals surface area contributed by atoms with Gasteiger partial charge >= 0.3 is 6.03 Å². The Balaban J connectivity index is 1.48. The quantitative estimate of drug-likeness (QED) is 0.644. The number of hydrogen-bond acceptors (Lipinski definition) is 4. The van der Waals surface area contributed by atoms with E-state index in [1.807, 2.05) is 48.5 Å². The molecule has 0 saturated carbocycles. The van der Waals surface area contributed by atoms with Gasteiger partial charge in [0.1, 0.15) is 5.82 Å². The lowest BCUT2D eigenvalue weighted by Gasteiger charge is -2.27. The number of nitrogens with one attached hydrogen (secondary N) is 3. The summed E-state index contributed by atoms with van der Waals surface area (Å²) in [6, 6.07) is 18.2. The third-order valence-corrected chi connectivity index (χ3v) is 4.48. The maximum Gasteiger partial charge on any atom is 0.323 e. The lowest BCUT2D eigenvalue weighted by Crippen LogP contribution is -2.36. The molecule has 28 heavy (non-hydrogen) atoms. The van der Waals surface area contributed by atoms with Crippen molar-refractivity contribution < 1.29 is 9.59 Å². The van der Waals surface area contributed by atoms with E-state index in [0.29, 0.717) is 23.6 Å². The van der Waals surface area contributed by atoms with Gasteiger partial charge in [-0.05, 0) is 42.5 Å². The van der Waals surface area contributed by atoms with E-state index in [1.54, 1.807) is 30.3 Å². The molecule has 0 atom stereocenters. The van der Waals surface area contributed by atoms with Gasteiger partial charge in [-0.25, -0.2) is 9.78 Å². The summed E-state index contributed by atoms with van der Waals surface area (Å²) in [7, 11) is 1.74. The minimum atomic E-state index is -0.171. The highest BCUT2D eigenvalue weighted by Gasteiger charge is 2.22. The topological polar surface area (TPSA) is 86.4 Å². The summed E-state index contributed by atoms with van der Waals surface area (Å²) in [6.07, 6.45) is 1.65. The first-order valence-corrected chi connectivity index (χ1v) is 8.83. The molecule has 2 heterocycles. The van der Waals surface area contributed by atoms with Crippen LogP contribution < -0.4 is 16.0 Å². The summed E-state index contributed by atoms with van der Waals surface area (Å²) in [5.41, 5.74) is 3.98. The number of aromatic nitrogens is 1. The Kier molecular flexibility index (Phi) is 4.63. The van der Waals surface area contributed by atoms with Crippen LogP contribution in [-0.4, -0.2) is 28.9 Å². The van der Waals surface area contributed by atoms with Gasteiger partial charge in [0, 0.05) is 41.4 Å². The fraction of sp³-hybridized carbons (Fsp3) is 0.0952. The monoisotopic (exact) mass is 373 g/mol. The van der Waals surface area contributed by atoms with Gasteiger partial charge in [-0.15, -0.1) is 0 Å². The molecule has 0 bridgehead atoms. The summed E-state index contributed by atoms with van der Waals surface area (Å²) in [6.45, 7) is 0.475. The SMILES string of the molecule is CN1Cc2c(Nc3ccc(NC(=O)c4ccccc4)cc3)ccnc2NC1=O. The molecule has 0 saturated heterocycles. The number of carbonyl (C=O) groups is 2. The van der Waals surface area contributed by atoms with Gasteiger partial charge in [0.05, 0.1) is 6.54 Å². The number of urea groups is 1. The average Bonchev–Trinajstić information content (AvgIpc) is 2.71. The summed E-state index contributed by atoms with van der Waals surface area (Å²) >= 11 is 0. The third-order valence-electron chi connectivity index (χ3n) is 4.48. The second kappa shape index (κ2) is 7.40. The molecule has 1 aromatic heterocycles. The summed E-state index contributed by atoms with van der Waals surface area (Å²) in [4.78, 5) is 29.8. The van der Waals surface area contributed by atoms with Gasteiger partial charge in [-0.3, -0.25) is 10.1 Å². The number of anilines is 4. The van der Waals surface area contributed by atoms with Crippen molar-refractivity contribution in [2.45, 2.75) is 6.54 Å². The molecule has 140 valence electrons. The molecule has 2 aromatic carbocycles. The molecule has 3 aromatic rings. The molecule has 1 aliphatic heterocycles. The molecule has 1 aliphatic rings. The second-order valence-electron chi connectivity index (χ2n) is 6.49. The Morgan fingerprint density at radius 1 is 1.04 bits per heavy atom. The average molecular weight is 373 g/mol. The number of nitrogens with zero attached hydrogens (tertiary/aromatic N) is 2. The smallest absolute Gasteiger partial charge is 0.323 e. The zero-order valence-corrected chi connectivity index (χ0v) is 15.3. The largest absolute Gasteiger partial charge is 0.355 e. The van der Waals surface area contributed by atoms with E-state index < -0.39 is 0 Å². The fourth-order valence-corrected chi connectivity index (χ4v) is 2.97. The molecule has 0 fully saturated rings. The number of carbonyl (C=O) groups excluding carboxylic acids is 2. The van der Waals surface area contributed by atoms with Gasteiger partial charge in [0.2, 0.25) is 0 Å². The van der Waals surface area contributed by atoms with Crippen LogP contribution in [0.4, 0.5) is 27.7 Å². The molecular formula is C21H19N5O2. The Morgan fingerprint density at radius 2 is 1.75 bits per heavy atom. The lowest BCUT2D eigenvalue weighted by atomic mass is 10.1. The molecule has 0 radical (unpaired) electrons. The van der Waals surface area contributed by atoms with Gasteiger partial charge in [0.15, 0.2) is 0 Å². The number of pyridine rings is 1. The van der Waals surface area contributed by atoms with E-state index in [2.05, 4.69) is 20.9 Å². The number of rotatable bonds is 4. The van der Waals surface area contributed by atoms with Crippen LogP contribution in [0.25, 0.3) is 0 Å². The van der Waals surface area contributed by atoms with Crippen molar-refractivity contribution in [3.8, 4) is 0 Å². The number of fused-ring (bicyclic) bond motifs is 1. The lowest BCUT2D eigenvalue weighted by molar-refractivity contribution is 0.102. The molecule has 3 amide bonds. The van der Waals surface area contributed by atoms with Crippen molar-refractivity contribution in [1.82, 2.24) is 9.88 Å². The van der Waals surface area contributed by atoms with E-state index in [-0.39, 0.29) is 11.9 Å². The van der Waals surface area contributed by atoms with Crippen molar-refractivity contribution in [2.75, 3.05) is 23.0 Å². The minimum Gasteiger partial charge on any atom is -0.355 e. The Labute approximate surface area is 162 Å². The van der Waals surface area contributed by atoms with Crippen LogP contribution in [0.2, 0.25) is 0 Å². The van der Waals surface area contributed by atoms with E-state index >= 15 is 0 Å². The van der Waals surface area contributed by atoms with Crippen LogP contribution in [0.1, 0.15) is 15.9 Å². The standard InChI is InChI=1S/C21H19N5O2/c1-26-13-17-18(11-12-22-19(17)25-21(26)28)23-15-7-9-16(10-8-15)24-20(27)14-5-3-2-4-6-14/h2-12H,13H2,1H3,(H,24,27)(H2,22,23,25,28). The van der Waals surface area contributed by atoms with Gasteiger partial charge in [0.25, 0.3) is 5.91 Å². The zero-order chi connectivity index (χ0) is 19.5. The molecular weight excluding hydrogens is 354 g/mol. The van der Waals surface area contributed by atoms with Gasteiger partial charge < -0.3 is 15.5 Å². The van der Waals surface area contributed by atoms with Crippen molar-refractivity contribution >= 4 is 34.8 Å². The first-order chi connectivity index (χ1) is 13.6. The second-order valence-corrected chi connectivity index (χ2v) is 6.49. The van der Waals surface area contributed by atoms with Gasteiger partial charge in [-0.2, -0.15) is 0 Å². The summed E-state index contributed by atoms with van der Waals surface area (Å²) in [5.74, 6) is 0.420. The van der Waals surface area contributed by atoms with Crippen molar-refractivity contribution in [3.63, 3.8) is 0 Å². The predicted octanol–water partition coefficient (Wildman–Crippen LogP) is 4.05. The van der Waals surface area contributed by atoms with Crippen molar-refractivity contribution in [2.24, 2.45) is 0 Å². The first kappa shape index (κ1) is 17.5. The van der Waals surface area contributed by atoms with E-state index in [9.17, 15) is 9.59 Å². The third kappa shape index (κ3) is 3.64. The molecule has 3 N–H and O–H groups in total. The Morgan fingerprint density at radius 3 is 2.50 bits per heavy atom. The maximum atomic E-state index is 12.2. The number of benzene rings is 2. The summed E-state index contributed by atoms with van der Waals surface area (Å²) < 4.78 is 0. The van der Waals surface area contributed by atoms with E-state index in [0.717, 1.165) is 16.9 Å².